The molecule has 0 aliphatic heterocycles. The lowest BCUT2D eigenvalue weighted by Crippen LogP contribution is -2.23. The number of pyridine rings is 1. The Bertz CT molecular complexity index is 1060. The van der Waals surface area contributed by atoms with Crippen molar-refractivity contribution >= 4 is 21.6 Å². The van der Waals surface area contributed by atoms with Crippen molar-refractivity contribution in [3.05, 3.63) is 89.2 Å². The summed E-state index contributed by atoms with van der Waals surface area (Å²) >= 11 is 0. The zero-order chi connectivity index (χ0) is 20.1. The number of aromatic nitrogens is 1. The quantitative estimate of drug-likeness (QED) is 0.669. The first-order valence-electron chi connectivity index (χ1n) is 8.72. The number of benzene rings is 2. The van der Waals surface area contributed by atoms with Crippen LogP contribution in [0, 0.1) is 13.8 Å². The number of sulfonamides is 1. The van der Waals surface area contributed by atoms with E-state index in [1.165, 1.54) is 24.3 Å². The normalized spacial score (nSPS) is 11.1. The lowest BCUT2D eigenvalue weighted by Gasteiger charge is -2.10. The van der Waals surface area contributed by atoms with Gasteiger partial charge in [-0.15, -0.1) is 0 Å². The van der Waals surface area contributed by atoms with Gasteiger partial charge in [0.2, 0.25) is 0 Å². The zero-order valence-electron chi connectivity index (χ0n) is 15.6. The number of hydrogen-bond donors (Lipinski definition) is 2. The monoisotopic (exact) mass is 395 g/mol. The molecular weight excluding hydrogens is 374 g/mol. The molecule has 144 valence electrons. The van der Waals surface area contributed by atoms with E-state index >= 15 is 0 Å². The average Bonchev–Trinajstić information content (AvgIpc) is 2.66. The Hall–Kier alpha value is -3.19. The number of carbonyl (C=O) groups is 1. The molecule has 0 atom stereocenters. The van der Waals surface area contributed by atoms with E-state index in [0.29, 0.717) is 17.8 Å². The summed E-state index contributed by atoms with van der Waals surface area (Å²) in [5.41, 5.74) is 3.77. The van der Waals surface area contributed by atoms with Crippen LogP contribution in [0.5, 0.6) is 0 Å². The van der Waals surface area contributed by atoms with E-state index in [-0.39, 0.29) is 10.8 Å². The topological polar surface area (TPSA) is 88.2 Å². The van der Waals surface area contributed by atoms with Crippen LogP contribution in [0.3, 0.4) is 0 Å². The molecular formula is C21H21N3O3S. The highest BCUT2D eigenvalue weighted by Crippen LogP contribution is 2.19. The Kier molecular flexibility index (Phi) is 5.75. The van der Waals surface area contributed by atoms with Gasteiger partial charge in [0.1, 0.15) is 0 Å². The summed E-state index contributed by atoms with van der Waals surface area (Å²) < 4.78 is 27.8. The first-order chi connectivity index (χ1) is 13.3. The second-order valence-corrected chi connectivity index (χ2v) is 8.23. The highest BCUT2D eigenvalue weighted by Gasteiger charge is 2.15. The van der Waals surface area contributed by atoms with Gasteiger partial charge in [0, 0.05) is 30.2 Å². The Morgan fingerprint density at radius 1 is 0.929 bits per heavy atom. The molecule has 28 heavy (non-hydrogen) atoms. The van der Waals surface area contributed by atoms with Gasteiger partial charge in [-0.05, 0) is 79.1 Å². The predicted octanol–water partition coefficient (Wildman–Crippen LogP) is 3.43. The fourth-order valence-corrected chi connectivity index (χ4v) is 3.86. The fraction of sp³-hybridized carbons (Fsp3) is 0.143. The van der Waals surface area contributed by atoms with Gasteiger partial charge in [-0.3, -0.25) is 14.5 Å². The average molecular weight is 395 g/mol. The Morgan fingerprint density at radius 2 is 1.54 bits per heavy atom. The Balaban J connectivity index is 1.69. The third-order valence-electron chi connectivity index (χ3n) is 4.10. The summed E-state index contributed by atoms with van der Waals surface area (Å²) in [4.78, 5) is 16.3. The molecule has 0 saturated heterocycles. The van der Waals surface area contributed by atoms with Crippen molar-refractivity contribution in [2.45, 2.75) is 25.3 Å². The molecule has 3 rings (SSSR count). The summed E-state index contributed by atoms with van der Waals surface area (Å²) in [7, 11) is -3.73. The van der Waals surface area contributed by atoms with Gasteiger partial charge in [-0.1, -0.05) is 6.07 Å². The van der Waals surface area contributed by atoms with Crippen LogP contribution in [0.4, 0.5) is 5.69 Å². The van der Waals surface area contributed by atoms with E-state index in [1.54, 1.807) is 24.5 Å². The first kappa shape index (κ1) is 19.6. The number of aryl methyl sites for hydroxylation is 2. The van der Waals surface area contributed by atoms with Crippen LogP contribution in [0.15, 0.2) is 71.9 Å². The lowest BCUT2D eigenvalue weighted by molar-refractivity contribution is 0.0951. The molecule has 0 radical (unpaired) electrons. The molecule has 7 heteroatoms. The maximum Gasteiger partial charge on any atom is 0.261 e. The van der Waals surface area contributed by atoms with Crippen LogP contribution in [0.2, 0.25) is 0 Å². The van der Waals surface area contributed by atoms with Crippen LogP contribution in [-0.4, -0.2) is 19.3 Å². The van der Waals surface area contributed by atoms with Gasteiger partial charge in [0.25, 0.3) is 15.9 Å². The van der Waals surface area contributed by atoms with Crippen LogP contribution < -0.4 is 10.0 Å². The first-order valence-corrected chi connectivity index (χ1v) is 10.2. The van der Waals surface area contributed by atoms with E-state index in [1.807, 2.05) is 32.0 Å². The third-order valence-corrected chi connectivity index (χ3v) is 5.50. The molecule has 0 aliphatic carbocycles. The number of rotatable bonds is 6. The van der Waals surface area contributed by atoms with Gasteiger partial charge < -0.3 is 5.32 Å². The minimum Gasteiger partial charge on any atom is -0.348 e. The molecule has 0 saturated carbocycles. The molecule has 0 spiro atoms. The number of nitrogens with one attached hydrogen (secondary N) is 2. The molecule has 3 aromatic rings. The summed E-state index contributed by atoms with van der Waals surface area (Å²) in [6.07, 6.45) is 3.31. The molecule has 1 heterocycles. The van der Waals surface area contributed by atoms with E-state index in [2.05, 4.69) is 15.0 Å². The van der Waals surface area contributed by atoms with Crippen molar-refractivity contribution in [2.24, 2.45) is 0 Å². The van der Waals surface area contributed by atoms with Crippen molar-refractivity contribution in [3.8, 4) is 0 Å². The molecule has 1 amide bonds. The molecule has 0 bridgehead atoms. The molecule has 2 aromatic carbocycles. The minimum atomic E-state index is -3.73. The molecule has 0 fully saturated rings. The standard InChI is InChI=1S/C21H21N3O3S/c1-15-11-16(2)13-19(12-15)24-28(26,27)20-5-3-18(4-6-20)21(25)23-14-17-7-9-22-10-8-17/h3-13,24H,14H2,1-2H3,(H,23,25). The van der Waals surface area contributed by atoms with Gasteiger partial charge in [-0.25, -0.2) is 8.42 Å². The summed E-state index contributed by atoms with van der Waals surface area (Å²) in [5, 5.41) is 2.79. The van der Waals surface area contributed by atoms with Crippen molar-refractivity contribution < 1.29 is 13.2 Å². The minimum absolute atomic E-state index is 0.0948. The van der Waals surface area contributed by atoms with Crippen LogP contribution >= 0.6 is 0 Å². The van der Waals surface area contributed by atoms with Gasteiger partial charge in [0.15, 0.2) is 0 Å². The highest BCUT2D eigenvalue weighted by molar-refractivity contribution is 7.92. The largest absolute Gasteiger partial charge is 0.348 e. The molecule has 6 nitrogen and oxygen atoms in total. The maximum atomic E-state index is 12.6. The van der Waals surface area contributed by atoms with Gasteiger partial charge in [0.05, 0.1) is 4.90 Å². The lowest BCUT2D eigenvalue weighted by atomic mass is 10.1. The van der Waals surface area contributed by atoms with Gasteiger partial charge in [-0.2, -0.15) is 0 Å². The third kappa shape index (κ3) is 4.95. The summed E-state index contributed by atoms with van der Waals surface area (Å²) in [6, 6.07) is 15.0. The molecule has 0 unspecified atom stereocenters. The second-order valence-electron chi connectivity index (χ2n) is 6.54. The number of hydrogen-bond acceptors (Lipinski definition) is 4. The van der Waals surface area contributed by atoms with E-state index in [9.17, 15) is 13.2 Å². The van der Waals surface area contributed by atoms with Gasteiger partial charge >= 0.3 is 0 Å². The van der Waals surface area contributed by atoms with E-state index in [4.69, 9.17) is 0 Å². The van der Waals surface area contributed by atoms with Crippen molar-refractivity contribution in [1.82, 2.24) is 10.3 Å². The Labute approximate surface area is 164 Å². The van der Waals surface area contributed by atoms with Crippen LogP contribution in [-0.2, 0) is 16.6 Å². The maximum absolute atomic E-state index is 12.6. The zero-order valence-corrected chi connectivity index (χ0v) is 16.5. The van der Waals surface area contributed by atoms with Crippen molar-refractivity contribution in [2.75, 3.05) is 4.72 Å². The number of anilines is 1. The fourth-order valence-electron chi connectivity index (χ4n) is 2.82. The van der Waals surface area contributed by atoms with E-state index in [0.717, 1.165) is 16.7 Å². The number of carbonyl (C=O) groups excluding carboxylic acids is 1. The summed E-state index contributed by atoms with van der Waals surface area (Å²) in [6.45, 7) is 4.18. The second kappa shape index (κ2) is 8.22. The smallest absolute Gasteiger partial charge is 0.261 e. The molecule has 1 aromatic heterocycles. The van der Waals surface area contributed by atoms with E-state index < -0.39 is 10.0 Å². The Morgan fingerprint density at radius 3 is 2.14 bits per heavy atom. The predicted molar refractivity (Wildman–Crippen MR) is 109 cm³/mol. The van der Waals surface area contributed by atoms with Crippen LogP contribution in [0.1, 0.15) is 27.0 Å². The molecule has 2 N–H and O–H groups in total. The van der Waals surface area contributed by atoms with Crippen LogP contribution in [0.25, 0.3) is 0 Å². The number of nitrogens with zero attached hydrogens (tertiary/aromatic N) is 1. The number of amides is 1. The summed E-state index contributed by atoms with van der Waals surface area (Å²) in [5.74, 6) is -0.275. The highest BCUT2D eigenvalue weighted by atomic mass is 32.2. The SMILES string of the molecule is Cc1cc(C)cc(NS(=O)(=O)c2ccc(C(=O)NCc3ccncc3)cc2)c1. The molecule has 0 aliphatic rings. The van der Waals surface area contributed by atoms with Crippen molar-refractivity contribution in [1.29, 1.82) is 0 Å². The van der Waals surface area contributed by atoms with Crippen molar-refractivity contribution in [3.63, 3.8) is 0 Å².